The highest BCUT2D eigenvalue weighted by Gasteiger charge is 2.07. The predicted octanol–water partition coefficient (Wildman–Crippen LogP) is 3.62. The van der Waals surface area contributed by atoms with Crippen LogP contribution in [0.1, 0.15) is 40.9 Å². The van der Waals surface area contributed by atoms with Crippen LogP contribution in [0, 0.1) is 13.8 Å². The van der Waals surface area contributed by atoms with Gasteiger partial charge in [-0.1, -0.05) is 6.07 Å². The maximum atomic E-state index is 12.1. The number of hydrogen-bond donors (Lipinski definition) is 2. The molecule has 0 heterocycles. The van der Waals surface area contributed by atoms with E-state index < -0.39 is 0 Å². The minimum Gasteiger partial charge on any atom is -0.507 e. The first-order valence-electron chi connectivity index (χ1n) is 8.44. The van der Waals surface area contributed by atoms with Crippen LogP contribution in [-0.2, 0) is 0 Å². The van der Waals surface area contributed by atoms with Crippen molar-refractivity contribution in [3.05, 3.63) is 58.7 Å². The molecule has 2 N–H and O–H groups in total. The molecule has 0 saturated heterocycles. The number of benzene rings is 2. The highest BCUT2D eigenvalue weighted by Crippen LogP contribution is 2.23. The van der Waals surface area contributed by atoms with Gasteiger partial charge in [-0.05, 0) is 63.1 Å². The van der Waals surface area contributed by atoms with E-state index in [1.165, 1.54) is 6.21 Å². The van der Waals surface area contributed by atoms with Crippen molar-refractivity contribution >= 4 is 17.8 Å². The molecular formula is C20H25N3O2. The molecule has 2 rings (SSSR count). The molecule has 5 nitrogen and oxygen atoms in total. The SMILES string of the molecule is CCN(CC)c1ccc(/C=N/NC(=O)c2ccc(C)c(C)c2)c(O)c1. The Morgan fingerprint density at radius 1 is 1.12 bits per heavy atom. The fourth-order valence-electron chi connectivity index (χ4n) is 2.53. The van der Waals surface area contributed by atoms with Gasteiger partial charge in [0.2, 0.25) is 0 Å². The molecule has 0 spiro atoms. The molecule has 0 saturated carbocycles. The van der Waals surface area contributed by atoms with Gasteiger partial charge in [-0.15, -0.1) is 0 Å². The van der Waals surface area contributed by atoms with Gasteiger partial charge in [-0.3, -0.25) is 4.79 Å². The van der Waals surface area contributed by atoms with Crippen molar-refractivity contribution in [2.75, 3.05) is 18.0 Å². The van der Waals surface area contributed by atoms with Crippen LogP contribution in [0.2, 0.25) is 0 Å². The minimum absolute atomic E-state index is 0.133. The Hall–Kier alpha value is -2.82. The van der Waals surface area contributed by atoms with Crippen LogP contribution in [-0.4, -0.2) is 30.3 Å². The number of nitrogens with zero attached hydrogens (tertiary/aromatic N) is 2. The summed E-state index contributed by atoms with van der Waals surface area (Å²) in [6, 6.07) is 10.9. The summed E-state index contributed by atoms with van der Waals surface area (Å²) >= 11 is 0. The number of aryl methyl sites for hydroxylation is 2. The van der Waals surface area contributed by atoms with E-state index in [-0.39, 0.29) is 11.7 Å². The van der Waals surface area contributed by atoms with Crippen LogP contribution in [0.15, 0.2) is 41.5 Å². The molecule has 1 amide bonds. The summed E-state index contributed by atoms with van der Waals surface area (Å²) in [6.45, 7) is 9.84. The van der Waals surface area contributed by atoms with Gasteiger partial charge >= 0.3 is 0 Å². The van der Waals surface area contributed by atoms with E-state index >= 15 is 0 Å². The normalized spacial score (nSPS) is 10.9. The Labute approximate surface area is 149 Å². The summed E-state index contributed by atoms with van der Waals surface area (Å²) in [5.74, 6) is -0.146. The Balaban J connectivity index is 2.06. The maximum Gasteiger partial charge on any atom is 0.271 e. The number of hydrogen-bond acceptors (Lipinski definition) is 4. The summed E-state index contributed by atoms with van der Waals surface area (Å²) < 4.78 is 0. The van der Waals surface area contributed by atoms with Gasteiger partial charge in [-0.2, -0.15) is 5.10 Å². The molecule has 25 heavy (non-hydrogen) atoms. The van der Waals surface area contributed by atoms with Crippen molar-refractivity contribution < 1.29 is 9.90 Å². The molecule has 2 aromatic carbocycles. The average Bonchev–Trinajstić information content (AvgIpc) is 2.60. The van der Waals surface area contributed by atoms with Crippen LogP contribution < -0.4 is 10.3 Å². The third-order valence-electron chi connectivity index (χ3n) is 4.28. The van der Waals surface area contributed by atoms with Gasteiger partial charge in [0.05, 0.1) is 6.21 Å². The third-order valence-corrected chi connectivity index (χ3v) is 4.28. The fraction of sp³-hybridized carbons (Fsp3) is 0.300. The number of aromatic hydroxyl groups is 1. The van der Waals surface area contributed by atoms with E-state index in [0.717, 1.165) is 29.9 Å². The topological polar surface area (TPSA) is 64.9 Å². The summed E-state index contributed by atoms with van der Waals surface area (Å²) in [5, 5.41) is 14.1. The van der Waals surface area contributed by atoms with E-state index in [9.17, 15) is 9.90 Å². The molecule has 5 heteroatoms. The van der Waals surface area contributed by atoms with Gasteiger partial charge in [0.1, 0.15) is 5.75 Å². The van der Waals surface area contributed by atoms with Gasteiger partial charge < -0.3 is 10.0 Å². The van der Waals surface area contributed by atoms with Crippen molar-refractivity contribution in [3.8, 4) is 5.75 Å². The molecule has 0 atom stereocenters. The van der Waals surface area contributed by atoms with E-state index in [1.54, 1.807) is 18.2 Å². The average molecular weight is 339 g/mol. The Kier molecular flexibility index (Phi) is 6.17. The van der Waals surface area contributed by atoms with E-state index in [2.05, 4.69) is 29.3 Å². The predicted molar refractivity (Wildman–Crippen MR) is 103 cm³/mol. The summed E-state index contributed by atoms with van der Waals surface area (Å²) in [7, 11) is 0. The minimum atomic E-state index is -0.279. The maximum absolute atomic E-state index is 12.1. The smallest absolute Gasteiger partial charge is 0.271 e. The highest BCUT2D eigenvalue weighted by atomic mass is 16.3. The quantitative estimate of drug-likeness (QED) is 0.624. The first-order valence-corrected chi connectivity index (χ1v) is 8.44. The molecule has 0 aliphatic heterocycles. The number of phenols is 1. The van der Waals surface area contributed by atoms with Crippen LogP contribution in [0.3, 0.4) is 0 Å². The number of rotatable bonds is 6. The largest absolute Gasteiger partial charge is 0.507 e. The Morgan fingerprint density at radius 2 is 1.84 bits per heavy atom. The fourth-order valence-corrected chi connectivity index (χ4v) is 2.53. The lowest BCUT2D eigenvalue weighted by Gasteiger charge is -2.21. The number of hydrazone groups is 1. The number of amides is 1. The van der Waals surface area contributed by atoms with Gasteiger partial charge in [0.25, 0.3) is 5.91 Å². The Morgan fingerprint density at radius 3 is 2.44 bits per heavy atom. The van der Waals surface area contributed by atoms with Gasteiger partial charge in [0, 0.05) is 36.0 Å². The van der Waals surface area contributed by atoms with Crippen molar-refractivity contribution in [2.24, 2.45) is 5.10 Å². The van der Waals surface area contributed by atoms with Crippen LogP contribution in [0.25, 0.3) is 0 Å². The molecule has 0 aliphatic rings. The number of nitrogens with one attached hydrogen (secondary N) is 1. The van der Waals surface area contributed by atoms with Crippen LogP contribution >= 0.6 is 0 Å². The van der Waals surface area contributed by atoms with Gasteiger partial charge in [-0.25, -0.2) is 5.43 Å². The van der Waals surface area contributed by atoms with Crippen LogP contribution in [0.4, 0.5) is 5.69 Å². The van der Waals surface area contributed by atoms with E-state index in [1.807, 2.05) is 32.0 Å². The van der Waals surface area contributed by atoms with Gasteiger partial charge in [0.15, 0.2) is 0 Å². The second-order valence-electron chi connectivity index (χ2n) is 5.91. The highest BCUT2D eigenvalue weighted by molar-refractivity contribution is 5.95. The molecule has 0 unspecified atom stereocenters. The lowest BCUT2D eigenvalue weighted by atomic mass is 10.1. The third kappa shape index (κ3) is 4.59. The molecule has 0 aliphatic carbocycles. The summed E-state index contributed by atoms with van der Waals surface area (Å²) in [4.78, 5) is 14.3. The lowest BCUT2D eigenvalue weighted by molar-refractivity contribution is 0.0955. The van der Waals surface area contributed by atoms with E-state index in [0.29, 0.717) is 11.1 Å². The van der Waals surface area contributed by atoms with Crippen LogP contribution in [0.5, 0.6) is 5.75 Å². The zero-order chi connectivity index (χ0) is 18.4. The van der Waals surface area contributed by atoms with E-state index in [4.69, 9.17) is 0 Å². The summed E-state index contributed by atoms with van der Waals surface area (Å²) in [5.41, 5.74) is 6.75. The Bertz CT molecular complexity index is 781. The van der Waals surface area contributed by atoms with Crippen molar-refractivity contribution in [2.45, 2.75) is 27.7 Å². The monoisotopic (exact) mass is 339 g/mol. The summed E-state index contributed by atoms with van der Waals surface area (Å²) in [6.07, 6.45) is 1.44. The van der Waals surface area contributed by atoms with Crippen molar-refractivity contribution in [3.63, 3.8) is 0 Å². The number of carbonyl (C=O) groups excluding carboxylic acids is 1. The number of anilines is 1. The molecule has 2 aromatic rings. The first kappa shape index (κ1) is 18.5. The van der Waals surface area contributed by atoms with Crippen molar-refractivity contribution in [1.82, 2.24) is 5.43 Å². The molecule has 132 valence electrons. The molecule has 0 fully saturated rings. The lowest BCUT2D eigenvalue weighted by Crippen LogP contribution is -2.21. The number of phenolic OH excluding ortho intramolecular Hbond substituents is 1. The van der Waals surface area contributed by atoms with Crippen molar-refractivity contribution in [1.29, 1.82) is 0 Å². The first-order chi connectivity index (χ1) is 12.0. The number of carbonyl (C=O) groups is 1. The zero-order valence-electron chi connectivity index (χ0n) is 15.2. The second-order valence-corrected chi connectivity index (χ2v) is 5.91. The molecule has 0 radical (unpaired) electrons. The molecule has 0 aromatic heterocycles. The second kappa shape index (κ2) is 8.33. The zero-order valence-corrected chi connectivity index (χ0v) is 15.2. The molecular weight excluding hydrogens is 314 g/mol. The molecule has 0 bridgehead atoms. The standard InChI is InChI=1S/C20H25N3O2/c1-5-23(6-2)18-10-9-17(19(24)12-18)13-21-22-20(25)16-8-7-14(3)15(4)11-16/h7-13,24H,5-6H2,1-4H3,(H,22,25)/b21-13+.